The van der Waals surface area contributed by atoms with Crippen LogP contribution in [-0.2, 0) is 26.2 Å². The van der Waals surface area contributed by atoms with Crippen molar-refractivity contribution in [1.29, 1.82) is 0 Å². The number of aryl methyl sites for hydroxylation is 1. The maximum absolute atomic E-state index is 13.0. The minimum absolute atomic E-state index is 0.0114. The number of hydrogen-bond donors (Lipinski definition) is 3. The lowest BCUT2D eigenvalue weighted by Gasteiger charge is -2.39. The summed E-state index contributed by atoms with van der Waals surface area (Å²) < 4.78 is 39.8. The van der Waals surface area contributed by atoms with E-state index in [9.17, 15) is 13.2 Å². The summed E-state index contributed by atoms with van der Waals surface area (Å²) >= 11 is 0. The Kier molecular flexibility index (Phi) is 6.85. The van der Waals surface area contributed by atoms with Crippen LogP contribution >= 0.6 is 0 Å². The second-order valence-corrected chi connectivity index (χ2v) is 10.3. The molecule has 0 bridgehead atoms. The van der Waals surface area contributed by atoms with E-state index in [1.807, 2.05) is 37.3 Å². The molecule has 3 aromatic rings. The number of carbonyl (C=O) groups is 1. The van der Waals surface area contributed by atoms with Gasteiger partial charge in [0.25, 0.3) is 5.91 Å². The Balaban J connectivity index is 1.47. The van der Waals surface area contributed by atoms with E-state index in [4.69, 9.17) is 14.7 Å². The molecule has 1 aliphatic heterocycles. The molecular formula is C24H27N3O6S. The largest absolute Gasteiger partial charge is 0.489 e. The lowest BCUT2D eigenvalue weighted by molar-refractivity contribution is -0.148. The fourth-order valence-corrected chi connectivity index (χ4v) is 5.47. The molecule has 34 heavy (non-hydrogen) atoms. The number of amides is 1. The number of carbonyl (C=O) groups excluding carboxylic acids is 1. The highest BCUT2D eigenvalue weighted by molar-refractivity contribution is 7.89. The molecule has 0 unspecified atom stereocenters. The van der Waals surface area contributed by atoms with Gasteiger partial charge in [0.15, 0.2) is 0 Å². The van der Waals surface area contributed by atoms with Gasteiger partial charge < -0.3 is 9.47 Å². The normalized spacial score (nSPS) is 20.7. The van der Waals surface area contributed by atoms with Crippen molar-refractivity contribution in [2.24, 2.45) is 5.41 Å². The number of sulfonamides is 1. The number of ether oxygens (including phenoxy) is 2. The van der Waals surface area contributed by atoms with Crippen LogP contribution in [0.5, 0.6) is 5.75 Å². The minimum Gasteiger partial charge on any atom is -0.489 e. The van der Waals surface area contributed by atoms with Crippen LogP contribution in [0.2, 0.25) is 0 Å². The summed E-state index contributed by atoms with van der Waals surface area (Å²) in [5.41, 5.74) is 3.13. The third-order valence-corrected chi connectivity index (χ3v) is 7.59. The van der Waals surface area contributed by atoms with Crippen LogP contribution in [0.3, 0.4) is 0 Å². The molecule has 0 radical (unpaired) electrons. The Bertz CT molecular complexity index is 1300. The molecule has 1 amide bonds. The van der Waals surface area contributed by atoms with Crippen molar-refractivity contribution in [2.45, 2.75) is 37.8 Å². The van der Waals surface area contributed by atoms with Gasteiger partial charge in [0.1, 0.15) is 12.4 Å². The number of nitrogens with zero attached hydrogens (tertiary/aromatic N) is 1. The number of pyridine rings is 1. The molecule has 1 aromatic heterocycles. The van der Waals surface area contributed by atoms with Crippen LogP contribution in [0.4, 0.5) is 0 Å². The van der Waals surface area contributed by atoms with E-state index >= 15 is 0 Å². The van der Waals surface area contributed by atoms with Gasteiger partial charge in [-0.15, -0.1) is 0 Å². The van der Waals surface area contributed by atoms with E-state index in [0.717, 1.165) is 22.2 Å². The zero-order chi connectivity index (χ0) is 24.3. The van der Waals surface area contributed by atoms with Crippen LogP contribution in [0.25, 0.3) is 10.9 Å². The molecule has 2 atom stereocenters. The summed E-state index contributed by atoms with van der Waals surface area (Å²) in [5, 5.41) is 10.1. The standard InChI is InChI=1S/C24H27N3O6S/c1-16-13-17(20-5-3-4-6-21(20)25-16)14-33-18-7-9-19(10-8-18)34(30,31)27-22-11-12-32-15-24(22,2)23(28)26-29/h3-10,13,22,27,29H,11-12,14-15H2,1-2H3,(H,26,28)/t22-,24-/m1/s1. The summed E-state index contributed by atoms with van der Waals surface area (Å²) in [5.74, 6) is -0.185. The van der Waals surface area contributed by atoms with Crippen molar-refractivity contribution in [3.63, 3.8) is 0 Å². The Morgan fingerprint density at radius 2 is 1.97 bits per heavy atom. The molecule has 10 heteroatoms. The molecule has 9 nitrogen and oxygen atoms in total. The van der Waals surface area contributed by atoms with E-state index in [-0.39, 0.29) is 11.5 Å². The Morgan fingerprint density at radius 3 is 2.71 bits per heavy atom. The molecule has 2 aromatic carbocycles. The zero-order valence-electron chi connectivity index (χ0n) is 18.9. The predicted octanol–water partition coefficient (Wildman–Crippen LogP) is 2.70. The molecule has 1 saturated heterocycles. The van der Waals surface area contributed by atoms with Crippen molar-refractivity contribution in [3.05, 3.63) is 65.9 Å². The van der Waals surface area contributed by atoms with Crippen LogP contribution < -0.4 is 14.9 Å². The fourth-order valence-electron chi connectivity index (χ4n) is 4.09. The van der Waals surface area contributed by atoms with Gasteiger partial charge in [-0.1, -0.05) is 18.2 Å². The molecular weight excluding hydrogens is 458 g/mol. The second kappa shape index (κ2) is 9.67. The van der Waals surface area contributed by atoms with Gasteiger partial charge in [-0.3, -0.25) is 15.0 Å². The Morgan fingerprint density at radius 1 is 1.24 bits per heavy atom. The molecule has 0 saturated carbocycles. The lowest BCUT2D eigenvalue weighted by atomic mass is 9.80. The summed E-state index contributed by atoms with van der Waals surface area (Å²) in [4.78, 5) is 16.7. The number of para-hydroxylation sites is 1. The summed E-state index contributed by atoms with van der Waals surface area (Å²) in [7, 11) is -3.92. The smallest absolute Gasteiger partial charge is 0.253 e. The first kappa shape index (κ1) is 24.1. The minimum atomic E-state index is -3.92. The van der Waals surface area contributed by atoms with Gasteiger partial charge in [0.2, 0.25) is 10.0 Å². The molecule has 3 N–H and O–H groups in total. The van der Waals surface area contributed by atoms with Crippen LogP contribution in [-0.4, -0.2) is 43.8 Å². The number of aromatic nitrogens is 1. The van der Waals surface area contributed by atoms with Crippen molar-refractivity contribution in [2.75, 3.05) is 13.2 Å². The SMILES string of the molecule is Cc1cc(COc2ccc(S(=O)(=O)N[C@@H]3CCOC[C@@]3(C)C(=O)NO)cc2)c2ccccc2n1. The first-order valence-electron chi connectivity index (χ1n) is 10.9. The average molecular weight is 486 g/mol. The predicted molar refractivity (Wildman–Crippen MR) is 125 cm³/mol. The molecule has 1 aliphatic rings. The Hall–Kier alpha value is -3.05. The van der Waals surface area contributed by atoms with Crippen LogP contribution in [0.1, 0.15) is 24.6 Å². The van der Waals surface area contributed by atoms with E-state index in [1.54, 1.807) is 24.5 Å². The summed E-state index contributed by atoms with van der Waals surface area (Å²) in [6.07, 6.45) is 0.295. The highest BCUT2D eigenvalue weighted by Crippen LogP contribution is 2.30. The Labute approximate surface area is 198 Å². The third kappa shape index (κ3) is 4.90. The number of hydroxylamine groups is 1. The zero-order valence-corrected chi connectivity index (χ0v) is 19.8. The number of nitrogens with one attached hydrogen (secondary N) is 2. The van der Waals surface area contributed by atoms with Crippen molar-refractivity contribution in [1.82, 2.24) is 15.2 Å². The van der Waals surface area contributed by atoms with Crippen molar-refractivity contribution < 1.29 is 27.9 Å². The quantitative estimate of drug-likeness (QED) is 0.347. The van der Waals surface area contributed by atoms with E-state index < -0.39 is 27.4 Å². The summed E-state index contributed by atoms with van der Waals surface area (Å²) in [6.45, 7) is 4.08. The molecule has 0 aliphatic carbocycles. The lowest BCUT2D eigenvalue weighted by Crippen LogP contribution is -2.58. The van der Waals surface area contributed by atoms with Gasteiger partial charge in [-0.25, -0.2) is 18.6 Å². The van der Waals surface area contributed by atoms with Crippen LogP contribution in [0, 0.1) is 12.3 Å². The maximum Gasteiger partial charge on any atom is 0.253 e. The highest BCUT2D eigenvalue weighted by atomic mass is 32.2. The first-order chi connectivity index (χ1) is 16.2. The third-order valence-electron chi connectivity index (χ3n) is 6.10. The first-order valence-corrected chi connectivity index (χ1v) is 12.3. The van der Waals surface area contributed by atoms with Crippen molar-refractivity contribution >= 4 is 26.8 Å². The topological polar surface area (TPSA) is 127 Å². The molecule has 0 spiro atoms. The van der Waals surface area contributed by atoms with E-state index in [2.05, 4.69) is 9.71 Å². The number of benzene rings is 2. The van der Waals surface area contributed by atoms with Gasteiger partial charge in [0, 0.05) is 29.3 Å². The second-order valence-electron chi connectivity index (χ2n) is 8.57. The fraction of sp³-hybridized carbons (Fsp3) is 0.333. The van der Waals surface area contributed by atoms with Gasteiger partial charge in [0.05, 0.1) is 22.4 Å². The highest BCUT2D eigenvalue weighted by Gasteiger charge is 2.45. The molecule has 180 valence electrons. The van der Waals surface area contributed by atoms with E-state index in [0.29, 0.717) is 25.4 Å². The average Bonchev–Trinajstić information content (AvgIpc) is 2.83. The summed E-state index contributed by atoms with van der Waals surface area (Å²) in [6, 6.07) is 15.1. The van der Waals surface area contributed by atoms with Gasteiger partial charge in [-0.05, 0) is 56.7 Å². The number of fused-ring (bicyclic) bond motifs is 1. The monoisotopic (exact) mass is 485 g/mol. The van der Waals surface area contributed by atoms with Gasteiger partial charge in [-0.2, -0.15) is 0 Å². The van der Waals surface area contributed by atoms with Gasteiger partial charge >= 0.3 is 0 Å². The van der Waals surface area contributed by atoms with E-state index in [1.165, 1.54) is 12.1 Å². The molecule has 2 heterocycles. The molecule has 1 fully saturated rings. The van der Waals surface area contributed by atoms with Crippen LogP contribution in [0.15, 0.2) is 59.5 Å². The van der Waals surface area contributed by atoms with Crippen molar-refractivity contribution in [3.8, 4) is 5.75 Å². The number of rotatable bonds is 7. The number of hydrogen-bond acceptors (Lipinski definition) is 7. The maximum atomic E-state index is 13.0. The molecule has 4 rings (SSSR count).